The van der Waals surface area contributed by atoms with Crippen LogP contribution in [-0.4, -0.2) is 50.4 Å². The second kappa shape index (κ2) is 8.00. The van der Waals surface area contributed by atoms with Crippen molar-refractivity contribution in [1.82, 2.24) is 15.3 Å². The third-order valence-electron chi connectivity index (χ3n) is 2.76. The fourth-order valence-electron chi connectivity index (χ4n) is 1.55. The number of nitrogens with zero attached hydrogens (tertiary/aromatic N) is 3. The molecule has 1 N–H and O–H groups in total. The van der Waals surface area contributed by atoms with Gasteiger partial charge in [-0.05, 0) is 5.92 Å². The summed E-state index contributed by atoms with van der Waals surface area (Å²) in [6, 6.07) is 2.06. The van der Waals surface area contributed by atoms with Crippen LogP contribution in [0.4, 0.5) is 5.82 Å². The summed E-state index contributed by atoms with van der Waals surface area (Å²) in [6.45, 7) is 7.73. The summed E-state index contributed by atoms with van der Waals surface area (Å²) in [6.07, 6.45) is 1.64. The highest BCUT2D eigenvalue weighted by atomic mass is 16.5. The summed E-state index contributed by atoms with van der Waals surface area (Å²) in [7, 11) is 3.76. The highest BCUT2D eigenvalue weighted by Crippen LogP contribution is 2.15. The summed E-state index contributed by atoms with van der Waals surface area (Å²) in [5.41, 5.74) is 1.08. The Labute approximate surface area is 110 Å². The van der Waals surface area contributed by atoms with Gasteiger partial charge in [0.1, 0.15) is 12.1 Å². The van der Waals surface area contributed by atoms with E-state index in [1.807, 2.05) is 7.05 Å². The Bertz CT molecular complexity index is 344. The first-order valence-corrected chi connectivity index (χ1v) is 6.38. The maximum atomic E-state index is 4.98. The molecule has 0 radical (unpaired) electrons. The van der Waals surface area contributed by atoms with Crippen molar-refractivity contribution in [3.05, 3.63) is 18.1 Å². The predicted octanol–water partition coefficient (Wildman–Crippen LogP) is 1.27. The molecular formula is C13H24N4O. The molecule has 0 atom stereocenters. The van der Waals surface area contributed by atoms with Crippen LogP contribution in [0.15, 0.2) is 12.4 Å². The first kappa shape index (κ1) is 14.9. The van der Waals surface area contributed by atoms with Gasteiger partial charge in [-0.2, -0.15) is 0 Å². The Morgan fingerprint density at radius 3 is 2.78 bits per heavy atom. The van der Waals surface area contributed by atoms with Gasteiger partial charge in [-0.15, -0.1) is 0 Å². The molecule has 1 heterocycles. The van der Waals surface area contributed by atoms with Crippen molar-refractivity contribution in [3.8, 4) is 0 Å². The van der Waals surface area contributed by atoms with Crippen molar-refractivity contribution < 1.29 is 4.74 Å². The first-order chi connectivity index (χ1) is 8.65. The lowest BCUT2D eigenvalue weighted by atomic mass is 10.1. The molecule has 0 unspecified atom stereocenters. The maximum Gasteiger partial charge on any atom is 0.131 e. The van der Waals surface area contributed by atoms with E-state index in [1.54, 1.807) is 13.4 Å². The molecule has 0 saturated carbocycles. The van der Waals surface area contributed by atoms with E-state index < -0.39 is 0 Å². The van der Waals surface area contributed by atoms with Gasteiger partial charge in [0.25, 0.3) is 0 Å². The average Bonchev–Trinajstić information content (AvgIpc) is 2.38. The molecule has 5 heteroatoms. The summed E-state index contributed by atoms with van der Waals surface area (Å²) in [5, 5.41) is 3.31. The van der Waals surface area contributed by atoms with E-state index in [4.69, 9.17) is 4.74 Å². The molecule has 5 nitrogen and oxygen atoms in total. The van der Waals surface area contributed by atoms with E-state index >= 15 is 0 Å². The van der Waals surface area contributed by atoms with Crippen LogP contribution >= 0.6 is 0 Å². The zero-order valence-electron chi connectivity index (χ0n) is 11.8. The highest BCUT2D eigenvalue weighted by molar-refractivity contribution is 5.38. The number of nitrogens with one attached hydrogen (secondary N) is 1. The van der Waals surface area contributed by atoms with Crippen molar-refractivity contribution in [3.63, 3.8) is 0 Å². The number of aromatic nitrogens is 2. The third kappa shape index (κ3) is 4.98. The Hall–Kier alpha value is -1.20. The van der Waals surface area contributed by atoms with E-state index in [2.05, 4.69) is 40.1 Å². The molecule has 0 amide bonds. The van der Waals surface area contributed by atoms with E-state index in [9.17, 15) is 0 Å². The molecule has 0 spiro atoms. The minimum Gasteiger partial charge on any atom is -0.383 e. The van der Waals surface area contributed by atoms with Crippen LogP contribution in [-0.2, 0) is 4.74 Å². The molecule has 102 valence electrons. The predicted molar refractivity (Wildman–Crippen MR) is 74.1 cm³/mol. The lowest BCUT2D eigenvalue weighted by Gasteiger charge is -2.19. The van der Waals surface area contributed by atoms with Crippen molar-refractivity contribution in [2.75, 3.05) is 45.3 Å². The quantitative estimate of drug-likeness (QED) is 0.706. The van der Waals surface area contributed by atoms with Crippen LogP contribution in [0, 0.1) is 0 Å². The topological polar surface area (TPSA) is 50.3 Å². The largest absolute Gasteiger partial charge is 0.383 e. The average molecular weight is 252 g/mol. The van der Waals surface area contributed by atoms with Crippen molar-refractivity contribution in [1.29, 1.82) is 0 Å². The second-order valence-electron chi connectivity index (χ2n) is 4.62. The monoisotopic (exact) mass is 252 g/mol. The van der Waals surface area contributed by atoms with Crippen LogP contribution in [0.2, 0.25) is 0 Å². The number of likely N-dealkylation sites (N-methyl/N-ethyl adjacent to an activating group) is 1. The molecule has 0 bridgehead atoms. The number of rotatable bonds is 8. The molecule has 1 rings (SSSR count). The molecular weight excluding hydrogens is 228 g/mol. The van der Waals surface area contributed by atoms with Crippen LogP contribution in [0.3, 0.4) is 0 Å². The normalized spacial score (nSPS) is 10.9. The Kier molecular flexibility index (Phi) is 6.60. The molecule has 0 saturated heterocycles. The number of anilines is 1. The molecule has 0 aliphatic heterocycles. The first-order valence-electron chi connectivity index (χ1n) is 6.38. The van der Waals surface area contributed by atoms with Crippen LogP contribution < -0.4 is 10.2 Å². The number of ether oxygens (including phenoxy) is 1. The summed E-state index contributed by atoms with van der Waals surface area (Å²) >= 11 is 0. The lowest BCUT2D eigenvalue weighted by molar-refractivity contribution is 0.200. The van der Waals surface area contributed by atoms with Crippen LogP contribution in [0.25, 0.3) is 0 Å². The van der Waals surface area contributed by atoms with Crippen LogP contribution in [0.1, 0.15) is 25.5 Å². The fraction of sp³-hybridized carbons (Fsp3) is 0.692. The maximum absolute atomic E-state index is 4.98. The fourth-order valence-corrected chi connectivity index (χ4v) is 1.55. The SMILES string of the molecule is COCCNCCN(C)c1cc(C(C)C)ncn1. The molecule has 1 aromatic rings. The molecule has 0 aliphatic rings. The van der Waals surface area contributed by atoms with Gasteiger partial charge in [0.05, 0.1) is 6.61 Å². The van der Waals surface area contributed by atoms with Gasteiger partial charge in [-0.25, -0.2) is 9.97 Å². The van der Waals surface area contributed by atoms with E-state index in [0.717, 1.165) is 37.8 Å². The minimum absolute atomic E-state index is 0.431. The van der Waals surface area contributed by atoms with Crippen molar-refractivity contribution in [2.45, 2.75) is 19.8 Å². The smallest absolute Gasteiger partial charge is 0.131 e. The zero-order valence-corrected chi connectivity index (χ0v) is 11.8. The van der Waals surface area contributed by atoms with Crippen LogP contribution in [0.5, 0.6) is 0 Å². The summed E-state index contributed by atoms with van der Waals surface area (Å²) < 4.78 is 4.98. The van der Waals surface area contributed by atoms with Gasteiger partial charge >= 0.3 is 0 Å². The molecule has 0 fully saturated rings. The Morgan fingerprint density at radius 2 is 2.11 bits per heavy atom. The van der Waals surface area contributed by atoms with Gasteiger partial charge in [-0.3, -0.25) is 0 Å². The van der Waals surface area contributed by atoms with Gasteiger partial charge < -0.3 is 15.0 Å². The minimum atomic E-state index is 0.431. The van der Waals surface area contributed by atoms with Gasteiger partial charge in [-0.1, -0.05) is 13.8 Å². The van der Waals surface area contributed by atoms with E-state index in [1.165, 1.54) is 0 Å². The van der Waals surface area contributed by atoms with Gasteiger partial charge in [0.2, 0.25) is 0 Å². The molecule has 0 aromatic carbocycles. The van der Waals surface area contributed by atoms with Gasteiger partial charge in [0.15, 0.2) is 0 Å². The second-order valence-corrected chi connectivity index (χ2v) is 4.62. The lowest BCUT2D eigenvalue weighted by Crippen LogP contribution is -2.31. The van der Waals surface area contributed by atoms with Gasteiger partial charge in [0, 0.05) is 45.6 Å². The molecule has 18 heavy (non-hydrogen) atoms. The Balaban J connectivity index is 2.41. The number of hydrogen-bond donors (Lipinski definition) is 1. The molecule has 1 aromatic heterocycles. The summed E-state index contributed by atoms with van der Waals surface area (Å²) in [4.78, 5) is 10.7. The van der Waals surface area contributed by atoms with E-state index in [0.29, 0.717) is 5.92 Å². The zero-order chi connectivity index (χ0) is 13.4. The van der Waals surface area contributed by atoms with Crippen molar-refractivity contribution in [2.24, 2.45) is 0 Å². The van der Waals surface area contributed by atoms with Crippen molar-refractivity contribution >= 4 is 5.82 Å². The molecule has 0 aliphatic carbocycles. The standard InChI is InChI=1S/C13H24N4O/c1-11(2)12-9-13(16-10-15-12)17(3)7-5-14-6-8-18-4/h9-11,14H,5-8H2,1-4H3. The van der Waals surface area contributed by atoms with E-state index in [-0.39, 0.29) is 0 Å². The number of hydrogen-bond acceptors (Lipinski definition) is 5. The summed E-state index contributed by atoms with van der Waals surface area (Å²) in [5.74, 6) is 1.40. The number of methoxy groups -OCH3 is 1. The Morgan fingerprint density at radius 1 is 1.33 bits per heavy atom. The highest BCUT2D eigenvalue weighted by Gasteiger charge is 2.06. The third-order valence-corrected chi connectivity index (χ3v) is 2.76.